The molecular weight excluding hydrogens is 1000 g/mol. The quantitative estimate of drug-likeness (QED) is 0.0524. The van der Waals surface area contributed by atoms with Gasteiger partial charge < -0.3 is 39.3 Å². The summed E-state index contributed by atoms with van der Waals surface area (Å²) in [4.78, 5) is 40.8. The average molecular weight is 1070 g/mol. The second-order valence-corrected chi connectivity index (χ2v) is 24.0. The Morgan fingerprint density at radius 2 is 1.70 bits per heavy atom. The largest absolute Gasteiger partial charge is 0.497 e. The smallest absolute Gasteiger partial charge is 0.297 e. The van der Waals surface area contributed by atoms with Crippen molar-refractivity contribution in [1.82, 2.24) is 24.5 Å². The summed E-state index contributed by atoms with van der Waals surface area (Å²) in [5, 5.41) is 26.9. The zero-order valence-electron chi connectivity index (χ0n) is 44.1. The van der Waals surface area contributed by atoms with Crippen LogP contribution in [-0.2, 0) is 16.6 Å². The molecule has 2 saturated carbocycles. The minimum Gasteiger partial charge on any atom is -0.497 e. The van der Waals surface area contributed by atoms with Gasteiger partial charge in [-0.2, -0.15) is 0 Å². The van der Waals surface area contributed by atoms with Gasteiger partial charge in [-0.05, 0) is 129 Å². The maximum Gasteiger partial charge on any atom is 0.297 e. The van der Waals surface area contributed by atoms with Gasteiger partial charge in [0.15, 0.2) is 17.2 Å². The molecule has 1 amide bonds. The molecule has 77 heavy (non-hydrogen) atoms. The number of fused-ring (bicyclic) bond motifs is 2. The highest BCUT2D eigenvalue weighted by Gasteiger charge is 2.50. The second-order valence-electron chi connectivity index (χ2n) is 22.4. The van der Waals surface area contributed by atoms with E-state index >= 15 is 0 Å². The molecule has 19 heteroatoms. The van der Waals surface area contributed by atoms with Crippen molar-refractivity contribution in [3.05, 3.63) is 130 Å². The zero-order valence-corrected chi connectivity index (χ0v) is 44.9. The van der Waals surface area contributed by atoms with Crippen LogP contribution in [-0.4, -0.2) is 109 Å². The molecule has 6 aromatic rings. The predicted molar refractivity (Wildman–Crippen MR) is 293 cm³/mol. The molecule has 0 radical (unpaired) electrons. The summed E-state index contributed by atoms with van der Waals surface area (Å²) in [7, 11) is -3.12. The number of H-pyrrole nitrogens is 1. The third-order valence-corrected chi connectivity index (χ3v) is 18.2. The number of nitrogens with one attached hydrogen (secondary N) is 3. The molecule has 406 valence electrons. The summed E-state index contributed by atoms with van der Waals surface area (Å²) in [6.07, 6.45) is 10.1. The van der Waals surface area contributed by atoms with E-state index in [0.717, 1.165) is 87.8 Å². The molecule has 18 nitrogen and oxygen atoms in total. The van der Waals surface area contributed by atoms with Crippen molar-refractivity contribution in [1.29, 1.82) is 0 Å². The Balaban J connectivity index is 0.801. The number of nitro benzene ring substituents is 1. The summed E-state index contributed by atoms with van der Waals surface area (Å²) in [6.45, 7) is 11.7. The van der Waals surface area contributed by atoms with Crippen molar-refractivity contribution in [2.45, 2.75) is 107 Å². The van der Waals surface area contributed by atoms with Gasteiger partial charge in [-0.1, -0.05) is 50.2 Å². The monoisotopic (exact) mass is 1070 g/mol. The van der Waals surface area contributed by atoms with Crippen LogP contribution in [0.4, 0.5) is 17.1 Å². The van der Waals surface area contributed by atoms with Crippen molar-refractivity contribution >= 4 is 44.0 Å². The minimum atomic E-state index is -4.82. The average Bonchev–Trinajstić information content (AvgIpc) is 4.20. The maximum atomic E-state index is 14.3. The normalized spacial score (nSPS) is 21.8. The molecular formula is C58H68N8O10S. The van der Waals surface area contributed by atoms with Crippen molar-refractivity contribution < 1.29 is 42.2 Å². The Morgan fingerprint density at radius 1 is 0.948 bits per heavy atom. The van der Waals surface area contributed by atoms with Crippen molar-refractivity contribution in [2.24, 2.45) is 11.3 Å². The number of aromatic amines is 1. The molecule has 2 saturated heterocycles. The molecule has 4 N–H and O–H groups in total. The number of anilines is 2. The molecule has 1 atom stereocenters. The fourth-order valence-corrected chi connectivity index (χ4v) is 13.6. The highest BCUT2D eigenvalue weighted by molar-refractivity contribution is 7.90. The number of benzene rings is 4. The van der Waals surface area contributed by atoms with Crippen molar-refractivity contribution in [3.63, 3.8) is 0 Å². The summed E-state index contributed by atoms with van der Waals surface area (Å²) in [6, 6.07) is 27.8. The van der Waals surface area contributed by atoms with E-state index in [4.69, 9.17) is 18.9 Å². The van der Waals surface area contributed by atoms with Crippen LogP contribution in [0.5, 0.6) is 28.7 Å². The Morgan fingerprint density at radius 3 is 2.44 bits per heavy atom. The lowest BCUT2D eigenvalue weighted by atomic mass is 9.59. The fourth-order valence-electron chi connectivity index (χ4n) is 12.5. The number of piperazine rings is 1. The topological polar surface area (TPSA) is 214 Å². The van der Waals surface area contributed by atoms with Crippen LogP contribution in [0.1, 0.15) is 111 Å². The van der Waals surface area contributed by atoms with E-state index in [1.54, 1.807) is 44.5 Å². The van der Waals surface area contributed by atoms with Gasteiger partial charge in [0, 0.05) is 87.3 Å². The number of aliphatic hydroxyl groups is 1. The Hall–Kier alpha value is -6.93. The van der Waals surface area contributed by atoms with Crippen LogP contribution in [0.25, 0.3) is 11.0 Å². The van der Waals surface area contributed by atoms with Gasteiger partial charge in [-0.25, -0.2) is 18.1 Å². The van der Waals surface area contributed by atoms with Gasteiger partial charge >= 0.3 is 0 Å². The molecule has 2 aromatic heterocycles. The molecule has 1 spiro atoms. The molecule has 0 bridgehead atoms. The number of piperidine rings is 1. The Kier molecular flexibility index (Phi) is 14.3. The van der Waals surface area contributed by atoms with E-state index in [1.807, 2.05) is 18.2 Å². The number of nitro groups is 1. The first-order chi connectivity index (χ1) is 37.0. The molecule has 4 fully saturated rings. The van der Waals surface area contributed by atoms with Gasteiger partial charge in [0.05, 0.1) is 29.4 Å². The first-order valence-electron chi connectivity index (χ1n) is 26.9. The number of ether oxygens (including phenoxy) is 4. The molecule has 5 aliphatic rings. The second kappa shape index (κ2) is 21.1. The Labute approximate surface area is 449 Å². The van der Waals surface area contributed by atoms with E-state index in [2.05, 4.69) is 85.0 Å². The zero-order chi connectivity index (χ0) is 53.6. The molecule has 0 unspecified atom stereocenters. The summed E-state index contributed by atoms with van der Waals surface area (Å²) < 4.78 is 53.9. The van der Waals surface area contributed by atoms with Crippen molar-refractivity contribution in [2.75, 3.05) is 63.4 Å². The van der Waals surface area contributed by atoms with Crippen molar-refractivity contribution in [3.8, 4) is 28.7 Å². The predicted octanol–water partition coefficient (Wildman–Crippen LogP) is 9.90. The van der Waals surface area contributed by atoms with Gasteiger partial charge in [-0.15, -0.1) is 0 Å². The minimum absolute atomic E-state index is 0.0161. The third kappa shape index (κ3) is 10.9. The number of hydrogen-bond acceptors (Lipinski definition) is 15. The van der Waals surface area contributed by atoms with Crippen LogP contribution >= 0.6 is 0 Å². The number of aromatic nitrogens is 2. The fraction of sp³-hybridized carbons (Fsp3) is 0.448. The third-order valence-electron chi connectivity index (χ3n) is 16.9. The number of carbonyl (C=O) groups excluding carboxylic acids is 1. The molecule has 2 aliphatic carbocycles. The number of methoxy groups -OCH3 is 1. The molecule has 3 aliphatic heterocycles. The van der Waals surface area contributed by atoms with Gasteiger partial charge in [0.1, 0.15) is 27.8 Å². The van der Waals surface area contributed by atoms with Gasteiger partial charge in [-0.3, -0.25) is 24.7 Å². The van der Waals surface area contributed by atoms with Crippen LogP contribution in [0, 0.1) is 21.4 Å². The lowest BCUT2D eigenvalue weighted by Gasteiger charge is -2.58. The summed E-state index contributed by atoms with van der Waals surface area (Å²) in [5.41, 5.74) is 4.39. The molecule has 11 rings (SSSR count). The first-order valence-corrected chi connectivity index (χ1v) is 28.4. The van der Waals surface area contributed by atoms with E-state index in [1.165, 1.54) is 22.9 Å². The van der Waals surface area contributed by atoms with E-state index in [-0.39, 0.29) is 52.7 Å². The highest BCUT2D eigenvalue weighted by atomic mass is 32.2. The summed E-state index contributed by atoms with van der Waals surface area (Å²) in [5.74, 6) is 0.435. The number of rotatable bonds is 16. The van der Waals surface area contributed by atoms with E-state index < -0.39 is 37.0 Å². The number of nitrogens with zero attached hydrogens (tertiary/aromatic N) is 5. The van der Waals surface area contributed by atoms with E-state index in [0.29, 0.717) is 55.6 Å². The number of pyridine rings is 1. The van der Waals surface area contributed by atoms with Crippen LogP contribution in [0.15, 0.2) is 102 Å². The van der Waals surface area contributed by atoms with Crippen LogP contribution < -0.4 is 33.9 Å². The standard InChI is InChI=1S/C58H68N8O10S/c1-37(2)45-7-5-6-8-46(45)49-35-63(34-39-9-12-43(73-4)13-10-39)25-26-65(49)42-30-58(31-42)20-23-64(24-21-58)41-11-14-47(50(28-41)76-44-27-40-17-22-59-55(40)61-33-44)56(67)62-77(71,72)51-29-48(66(69)70)52(54-53(51)74-36-75-54)60-32-38-15-18-57(3,68)19-16-38/h5-14,17,22,27-29,33,37-38,42,49,60,68H,15-16,18-21,23-26,30-32,34-36H2,1-4H3,(H,59,61)(H,62,67)/t38?,49-,57?/m0/s1. The van der Waals surface area contributed by atoms with Crippen LogP contribution in [0.3, 0.4) is 0 Å². The number of carbonyl (C=O) groups is 1. The molecule has 5 heterocycles. The first kappa shape index (κ1) is 52.1. The van der Waals surface area contributed by atoms with Gasteiger partial charge in [0.2, 0.25) is 6.79 Å². The number of amides is 1. The van der Waals surface area contributed by atoms with E-state index in [9.17, 15) is 28.4 Å². The maximum absolute atomic E-state index is 14.3. The number of sulfonamides is 1. The lowest BCUT2D eigenvalue weighted by molar-refractivity contribution is -0.384. The summed E-state index contributed by atoms with van der Waals surface area (Å²) >= 11 is 0. The Bertz CT molecular complexity index is 3270. The lowest BCUT2D eigenvalue weighted by Crippen LogP contribution is -2.60. The number of hydrogen-bond donors (Lipinski definition) is 4. The highest BCUT2D eigenvalue weighted by Crippen LogP contribution is 2.54. The van der Waals surface area contributed by atoms with Gasteiger partial charge in [0.25, 0.3) is 21.6 Å². The van der Waals surface area contributed by atoms with Crippen LogP contribution in [0.2, 0.25) is 0 Å². The molecule has 4 aromatic carbocycles. The SMILES string of the molecule is COc1ccc(CN2CCN(C3CC4(CCN(c5ccc(C(=O)NS(=O)(=O)c6cc([N+](=O)[O-])c(NCC7CCC(C)(O)CC7)c7c6OCO7)c(Oc6cnc7[nH]ccc7c6)c5)CC4)C3)[C@H](c3ccccc3C(C)C)C2)cc1.